The number of hydrogen-bond donors (Lipinski definition) is 1. The maximum absolute atomic E-state index is 13.7. The molecule has 1 aliphatic heterocycles. The molecule has 0 fully saturated rings. The lowest BCUT2D eigenvalue weighted by Crippen LogP contribution is -2.45. The Morgan fingerprint density at radius 3 is 2.62 bits per heavy atom. The number of nitrogens with zero attached hydrogens (tertiary/aromatic N) is 3. The summed E-state index contributed by atoms with van der Waals surface area (Å²) in [6.45, 7) is 2.79. The van der Waals surface area contributed by atoms with Gasteiger partial charge in [0.1, 0.15) is 16.8 Å². The van der Waals surface area contributed by atoms with Crippen molar-refractivity contribution in [2.24, 2.45) is 0 Å². The zero-order chi connectivity index (χ0) is 24.1. The van der Waals surface area contributed by atoms with Crippen molar-refractivity contribution in [1.82, 2.24) is 20.0 Å². The van der Waals surface area contributed by atoms with Gasteiger partial charge in [0.15, 0.2) is 0 Å². The summed E-state index contributed by atoms with van der Waals surface area (Å²) >= 11 is 1.41. The number of carbonyl (C=O) groups is 2. The first kappa shape index (κ1) is 23.8. The molecule has 0 unspecified atom stereocenters. The Bertz CT molecular complexity index is 1160. The fraction of sp³-hybridized carbons (Fsp3) is 0.320. The molecule has 2 amide bonds. The number of ether oxygens (including phenoxy) is 2. The van der Waals surface area contributed by atoms with E-state index in [2.05, 4.69) is 5.32 Å². The molecule has 0 saturated heterocycles. The van der Waals surface area contributed by atoms with Crippen LogP contribution in [-0.4, -0.2) is 59.6 Å². The number of hydrogen-bond acceptors (Lipinski definition) is 6. The second-order valence-corrected chi connectivity index (χ2v) is 8.82. The summed E-state index contributed by atoms with van der Waals surface area (Å²) in [4.78, 5) is 28.4. The largest absolute Gasteiger partial charge is 0.496 e. The van der Waals surface area contributed by atoms with Crippen LogP contribution < -0.4 is 10.1 Å². The molecule has 0 saturated carbocycles. The number of carbonyl (C=O) groups excluding carboxylic acids is 2. The van der Waals surface area contributed by atoms with Crippen LogP contribution in [0.2, 0.25) is 0 Å². The Kier molecular flexibility index (Phi) is 7.54. The molecule has 3 aromatic rings. The first-order valence-electron chi connectivity index (χ1n) is 11.0. The normalized spacial score (nSPS) is 15.6. The Hall–Kier alpha value is -3.30. The Morgan fingerprint density at radius 1 is 1.15 bits per heavy atom. The molecule has 0 aliphatic carbocycles. The molecule has 1 N–H and O–H groups in total. The van der Waals surface area contributed by atoms with Crippen LogP contribution in [0.3, 0.4) is 0 Å². The van der Waals surface area contributed by atoms with E-state index in [1.165, 1.54) is 11.8 Å². The number of fused-ring (bicyclic) bond motifs is 1. The molecule has 1 atom stereocenters. The highest BCUT2D eigenvalue weighted by molar-refractivity contribution is 8.00. The van der Waals surface area contributed by atoms with Crippen LogP contribution >= 0.6 is 11.8 Å². The predicted molar refractivity (Wildman–Crippen MR) is 130 cm³/mol. The lowest BCUT2D eigenvalue weighted by Gasteiger charge is -2.29. The van der Waals surface area contributed by atoms with Crippen molar-refractivity contribution in [3.8, 4) is 11.4 Å². The van der Waals surface area contributed by atoms with Gasteiger partial charge in [-0.05, 0) is 25.1 Å². The van der Waals surface area contributed by atoms with Crippen molar-refractivity contribution >= 4 is 23.6 Å². The minimum absolute atomic E-state index is 0.116. The van der Waals surface area contributed by atoms with Gasteiger partial charge >= 0.3 is 0 Å². The van der Waals surface area contributed by atoms with E-state index in [0.29, 0.717) is 24.6 Å². The van der Waals surface area contributed by atoms with Gasteiger partial charge in [0.05, 0.1) is 30.9 Å². The molecule has 0 spiro atoms. The standard InChI is InChI=1S/C25H28N4O4S/c1-17-22-23(24(31)26-15-18-9-7-8-12-20(18)33-3)28(13-14-32-2)21(30)16-34-25(22)29(27-17)19-10-5-4-6-11-19/h4-12,23H,13-16H2,1-3H3,(H,26,31)/t23-/m1/s1. The summed E-state index contributed by atoms with van der Waals surface area (Å²) in [5, 5.41) is 8.56. The van der Waals surface area contributed by atoms with Gasteiger partial charge in [-0.1, -0.05) is 48.2 Å². The highest BCUT2D eigenvalue weighted by Crippen LogP contribution is 2.38. The molecule has 0 bridgehead atoms. The number of nitrogens with one attached hydrogen (secondary N) is 1. The van der Waals surface area contributed by atoms with Crippen LogP contribution in [0.1, 0.15) is 22.9 Å². The van der Waals surface area contributed by atoms with Crippen LogP contribution in [0.5, 0.6) is 5.75 Å². The average molecular weight is 481 g/mol. The van der Waals surface area contributed by atoms with E-state index in [4.69, 9.17) is 14.6 Å². The van der Waals surface area contributed by atoms with Crippen molar-refractivity contribution in [2.45, 2.75) is 24.5 Å². The maximum atomic E-state index is 13.7. The Morgan fingerprint density at radius 2 is 1.88 bits per heavy atom. The molecule has 34 heavy (non-hydrogen) atoms. The monoisotopic (exact) mass is 480 g/mol. The van der Waals surface area contributed by atoms with Gasteiger partial charge in [-0.25, -0.2) is 4.68 Å². The Labute approximate surface area is 203 Å². The summed E-state index contributed by atoms with van der Waals surface area (Å²) in [5.41, 5.74) is 3.19. The lowest BCUT2D eigenvalue weighted by molar-refractivity contribution is -0.139. The zero-order valence-electron chi connectivity index (χ0n) is 19.5. The van der Waals surface area contributed by atoms with Gasteiger partial charge in [0, 0.05) is 31.3 Å². The van der Waals surface area contributed by atoms with Crippen molar-refractivity contribution < 1.29 is 19.1 Å². The summed E-state index contributed by atoms with van der Waals surface area (Å²) in [7, 11) is 3.18. The summed E-state index contributed by atoms with van der Waals surface area (Å²) in [5.74, 6) is 0.523. The van der Waals surface area contributed by atoms with Gasteiger partial charge in [-0.2, -0.15) is 5.10 Å². The number of aromatic nitrogens is 2. The number of rotatable bonds is 8. The first-order valence-corrected chi connectivity index (χ1v) is 12.0. The fourth-order valence-corrected chi connectivity index (χ4v) is 5.18. The minimum atomic E-state index is -0.820. The maximum Gasteiger partial charge on any atom is 0.247 e. The first-order chi connectivity index (χ1) is 16.5. The lowest BCUT2D eigenvalue weighted by atomic mass is 10.0. The molecular weight excluding hydrogens is 452 g/mol. The summed E-state index contributed by atoms with van der Waals surface area (Å²) in [6.07, 6.45) is 0. The van der Waals surface area contributed by atoms with Gasteiger partial charge in [0.2, 0.25) is 11.8 Å². The quantitative estimate of drug-likeness (QED) is 0.533. The van der Waals surface area contributed by atoms with E-state index >= 15 is 0 Å². The number of aryl methyl sites for hydroxylation is 1. The van der Waals surface area contributed by atoms with Crippen molar-refractivity contribution in [1.29, 1.82) is 0 Å². The molecule has 0 radical (unpaired) electrons. The van der Waals surface area contributed by atoms with E-state index in [9.17, 15) is 9.59 Å². The smallest absolute Gasteiger partial charge is 0.247 e. The molecule has 2 aromatic carbocycles. The van der Waals surface area contributed by atoms with Crippen molar-refractivity contribution in [2.75, 3.05) is 33.1 Å². The van der Waals surface area contributed by atoms with E-state index in [-0.39, 0.29) is 24.1 Å². The Balaban J connectivity index is 1.73. The third-order valence-electron chi connectivity index (χ3n) is 5.73. The highest BCUT2D eigenvalue weighted by Gasteiger charge is 2.39. The van der Waals surface area contributed by atoms with Crippen LogP contribution in [0.4, 0.5) is 0 Å². The van der Waals surface area contributed by atoms with E-state index in [0.717, 1.165) is 21.8 Å². The topological polar surface area (TPSA) is 85.7 Å². The molecule has 178 valence electrons. The SMILES string of the molecule is COCCN1C(=O)CSc2c(c(C)nn2-c2ccccc2)[C@@H]1C(=O)NCc1ccccc1OC. The second-order valence-electron chi connectivity index (χ2n) is 7.85. The highest BCUT2D eigenvalue weighted by atomic mass is 32.2. The van der Waals surface area contributed by atoms with Crippen LogP contribution in [0.25, 0.3) is 5.69 Å². The van der Waals surface area contributed by atoms with E-state index < -0.39 is 6.04 Å². The number of thioether (sulfide) groups is 1. The van der Waals surface area contributed by atoms with Gasteiger partial charge in [0.25, 0.3) is 0 Å². The average Bonchev–Trinajstić information content (AvgIpc) is 3.11. The molecule has 2 heterocycles. The summed E-state index contributed by atoms with van der Waals surface area (Å²) < 4.78 is 12.5. The minimum Gasteiger partial charge on any atom is -0.496 e. The molecule has 9 heteroatoms. The molecule has 8 nitrogen and oxygen atoms in total. The van der Waals surface area contributed by atoms with Crippen LogP contribution in [-0.2, 0) is 20.9 Å². The van der Waals surface area contributed by atoms with Crippen LogP contribution in [0.15, 0.2) is 59.6 Å². The zero-order valence-corrected chi connectivity index (χ0v) is 20.3. The van der Waals surface area contributed by atoms with Gasteiger partial charge < -0.3 is 19.7 Å². The van der Waals surface area contributed by atoms with Crippen LogP contribution in [0, 0.1) is 6.92 Å². The van der Waals surface area contributed by atoms with E-state index in [1.54, 1.807) is 19.1 Å². The molecule has 4 rings (SSSR count). The number of methoxy groups -OCH3 is 2. The molecular formula is C25H28N4O4S. The number of amides is 2. The fourth-order valence-electron chi connectivity index (χ4n) is 4.07. The van der Waals surface area contributed by atoms with Crippen molar-refractivity contribution in [3.05, 3.63) is 71.4 Å². The third-order valence-corrected chi connectivity index (χ3v) is 6.79. The van der Waals surface area contributed by atoms with Gasteiger partial charge in [-0.15, -0.1) is 0 Å². The molecule has 1 aromatic heterocycles. The van der Waals surface area contributed by atoms with E-state index in [1.807, 2.05) is 66.2 Å². The number of para-hydroxylation sites is 2. The second kappa shape index (κ2) is 10.8. The van der Waals surface area contributed by atoms with Crippen molar-refractivity contribution in [3.63, 3.8) is 0 Å². The number of benzene rings is 2. The van der Waals surface area contributed by atoms with Gasteiger partial charge in [-0.3, -0.25) is 9.59 Å². The third kappa shape index (κ3) is 4.80. The predicted octanol–water partition coefficient (Wildman–Crippen LogP) is 3.13. The summed E-state index contributed by atoms with van der Waals surface area (Å²) in [6, 6.07) is 16.4. The molecule has 1 aliphatic rings.